The molecule has 0 N–H and O–H groups in total. The standard InChI is InChI=1S/C67H43NO2/c1-3-13-50(14-4-1)67(51-15-5-2-6-16-51)61-20-10-7-17-55(61)58-43-54(37-38-62(58)67)68(53-35-29-47(30-36-53)49-32-40-66-60(42-49)57-19-9-12-22-64(57)70-66)52-33-27-45(28-34-52)44-23-25-46(26-24-44)48-31-39-65-59(41-48)56-18-8-11-21-63(56)69-65/h1-43H. The Balaban J connectivity index is 0.867. The largest absolute Gasteiger partial charge is 0.456 e. The second-order valence-corrected chi connectivity index (χ2v) is 18.4. The van der Waals surface area contributed by atoms with Crippen molar-refractivity contribution in [2.75, 3.05) is 4.90 Å². The van der Waals surface area contributed by atoms with Crippen molar-refractivity contribution in [3.8, 4) is 44.5 Å². The summed E-state index contributed by atoms with van der Waals surface area (Å²) in [7, 11) is 0. The summed E-state index contributed by atoms with van der Waals surface area (Å²) in [4.78, 5) is 2.40. The molecule has 2 heterocycles. The summed E-state index contributed by atoms with van der Waals surface area (Å²) in [6.45, 7) is 0. The monoisotopic (exact) mass is 893 g/mol. The fourth-order valence-corrected chi connectivity index (χ4v) is 11.3. The quantitative estimate of drug-likeness (QED) is 0.152. The Morgan fingerprint density at radius 1 is 0.257 bits per heavy atom. The highest BCUT2D eigenvalue weighted by Gasteiger charge is 2.46. The number of anilines is 3. The Morgan fingerprint density at radius 2 is 0.643 bits per heavy atom. The minimum Gasteiger partial charge on any atom is -0.456 e. The third-order valence-corrected chi connectivity index (χ3v) is 14.6. The molecule has 0 bridgehead atoms. The molecule has 0 fully saturated rings. The SMILES string of the molecule is c1ccc(C2(c3ccccc3)c3ccccc3-c3cc(N(c4ccc(-c5ccc(-c6ccc7oc8ccccc8c7c6)cc5)cc4)c4ccc(-c5ccc6oc7ccccc7c6c5)cc4)ccc32)cc1. The molecule has 70 heavy (non-hydrogen) atoms. The Morgan fingerprint density at radius 3 is 1.17 bits per heavy atom. The highest BCUT2D eigenvalue weighted by atomic mass is 16.3. The summed E-state index contributed by atoms with van der Waals surface area (Å²) >= 11 is 0. The Hall–Kier alpha value is -9.18. The molecule has 1 aliphatic carbocycles. The van der Waals surface area contributed by atoms with E-state index in [1.165, 1.54) is 44.5 Å². The van der Waals surface area contributed by atoms with Crippen LogP contribution in [0.2, 0.25) is 0 Å². The van der Waals surface area contributed by atoms with Crippen LogP contribution in [0.1, 0.15) is 22.3 Å². The van der Waals surface area contributed by atoms with Gasteiger partial charge in [0.15, 0.2) is 0 Å². The molecule has 3 nitrogen and oxygen atoms in total. The zero-order valence-corrected chi connectivity index (χ0v) is 38.1. The molecule has 0 spiro atoms. The van der Waals surface area contributed by atoms with Gasteiger partial charge in [-0.25, -0.2) is 0 Å². The van der Waals surface area contributed by atoms with E-state index in [1.807, 2.05) is 24.3 Å². The van der Waals surface area contributed by atoms with E-state index in [9.17, 15) is 0 Å². The van der Waals surface area contributed by atoms with Gasteiger partial charge in [0.1, 0.15) is 22.3 Å². The van der Waals surface area contributed by atoms with E-state index >= 15 is 0 Å². The summed E-state index contributed by atoms with van der Waals surface area (Å²) in [6.07, 6.45) is 0. The zero-order chi connectivity index (χ0) is 46.2. The van der Waals surface area contributed by atoms with E-state index in [-0.39, 0.29) is 0 Å². The predicted molar refractivity (Wildman–Crippen MR) is 289 cm³/mol. The Labute approximate surface area is 405 Å². The lowest BCUT2D eigenvalue weighted by Gasteiger charge is -2.34. The Kier molecular flexibility index (Phi) is 9.11. The maximum absolute atomic E-state index is 6.18. The number of rotatable bonds is 8. The fraction of sp³-hybridized carbons (Fsp3) is 0.0149. The van der Waals surface area contributed by atoms with E-state index < -0.39 is 5.41 Å². The molecule has 3 heteroatoms. The molecule has 0 aliphatic heterocycles. The van der Waals surface area contributed by atoms with Crippen LogP contribution in [0.25, 0.3) is 88.4 Å². The van der Waals surface area contributed by atoms with Crippen molar-refractivity contribution in [1.82, 2.24) is 0 Å². The van der Waals surface area contributed by atoms with Gasteiger partial charge in [0.25, 0.3) is 0 Å². The molecule has 0 radical (unpaired) electrons. The Bertz CT molecular complexity index is 4050. The molecule has 2 aromatic heterocycles. The molecule has 328 valence electrons. The second kappa shape index (κ2) is 16.0. The molecule has 14 rings (SSSR count). The van der Waals surface area contributed by atoms with E-state index in [4.69, 9.17) is 8.83 Å². The third kappa shape index (κ3) is 6.29. The first-order valence-corrected chi connectivity index (χ1v) is 24.0. The number of hydrogen-bond acceptors (Lipinski definition) is 3. The van der Waals surface area contributed by atoms with Gasteiger partial charge in [-0.1, -0.05) is 188 Å². The predicted octanol–water partition coefficient (Wildman–Crippen LogP) is 18.3. The van der Waals surface area contributed by atoms with Gasteiger partial charge in [0, 0.05) is 38.6 Å². The molecule has 1 aliphatic rings. The summed E-state index contributed by atoms with van der Waals surface area (Å²) in [5, 5.41) is 4.53. The number of nitrogens with zero attached hydrogens (tertiary/aromatic N) is 1. The van der Waals surface area contributed by atoms with Crippen molar-refractivity contribution in [1.29, 1.82) is 0 Å². The van der Waals surface area contributed by atoms with E-state index in [0.717, 1.165) is 83.2 Å². The number of hydrogen-bond donors (Lipinski definition) is 0. The van der Waals surface area contributed by atoms with Crippen molar-refractivity contribution in [2.45, 2.75) is 5.41 Å². The fourth-order valence-electron chi connectivity index (χ4n) is 11.3. The number of fused-ring (bicyclic) bond motifs is 9. The highest BCUT2D eigenvalue weighted by Crippen LogP contribution is 2.57. The van der Waals surface area contributed by atoms with Crippen LogP contribution >= 0.6 is 0 Å². The van der Waals surface area contributed by atoms with Crippen LogP contribution in [0.4, 0.5) is 17.1 Å². The second-order valence-electron chi connectivity index (χ2n) is 18.4. The molecule has 11 aromatic carbocycles. The maximum atomic E-state index is 6.18. The first-order chi connectivity index (χ1) is 34.7. The van der Waals surface area contributed by atoms with Crippen molar-refractivity contribution < 1.29 is 8.83 Å². The van der Waals surface area contributed by atoms with Crippen molar-refractivity contribution in [3.05, 3.63) is 283 Å². The van der Waals surface area contributed by atoms with Gasteiger partial charge < -0.3 is 13.7 Å². The van der Waals surface area contributed by atoms with Gasteiger partial charge in [-0.3, -0.25) is 0 Å². The average Bonchev–Trinajstić information content (AvgIpc) is 4.10. The topological polar surface area (TPSA) is 29.5 Å². The number of benzene rings is 11. The smallest absolute Gasteiger partial charge is 0.135 e. The number of para-hydroxylation sites is 2. The van der Waals surface area contributed by atoms with Crippen molar-refractivity contribution in [3.63, 3.8) is 0 Å². The van der Waals surface area contributed by atoms with Gasteiger partial charge in [-0.15, -0.1) is 0 Å². The molecule has 13 aromatic rings. The summed E-state index contributed by atoms with van der Waals surface area (Å²) in [6, 6.07) is 94.5. The summed E-state index contributed by atoms with van der Waals surface area (Å²) in [5.74, 6) is 0. The van der Waals surface area contributed by atoms with Gasteiger partial charge >= 0.3 is 0 Å². The average molecular weight is 894 g/mol. The molecule has 0 atom stereocenters. The van der Waals surface area contributed by atoms with Crippen LogP contribution < -0.4 is 4.90 Å². The third-order valence-electron chi connectivity index (χ3n) is 14.6. The van der Waals surface area contributed by atoms with Crippen LogP contribution in [-0.4, -0.2) is 0 Å². The number of furan rings is 2. The summed E-state index contributed by atoms with van der Waals surface area (Å²) < 4.78 is 12.3. The van der Waals surface area contributed by atoms with Gasteiger partial charge in [0.2, 0.25) is 0 Å². The highest BCUT2D eigenvalue weighted by molar-refractivity contribution is 6.07. The lowest BCUT2D eigenvalue weighted by atomic mass is 9.68. The summed E-state index contributed by atoms with van der Waals surface area (Å²) in [5.41, 5.74) is 20.9. The lowest BCUT2D eigenvalue weighted by Crippen LogP contribution is -2.28. The van der Waals surface area contributed by atoms with Gasteiger partial charge in [-0.2, -0.15) is 0 Å². The van der Waals surface area contributed by atoms with Crippen LogP contribution in [0.15, 0.2) is 270 Å². The normalized spacial score (nSPS) is 12.7. The van der Waals surface area contributed by atoms with Crippen LogP contribution in [0.5, 0.6) is 0 Å². The zero-order valence-electron chi connectivity index (χ0n) is 38.1. The van der Waals surface area contributed by atoms with E-state index in [1.54, 1.807) is 0 Å². The first-order valence-electron chi connectivity index (χ1n) is 24.0. The lowest BCUT2D eigenvalue weighted by molar-refractivity contribution is 0.668. The molecule has 0 unspecified atom stereocenters. The molecule has 0 saturated heterocycles. The van der Waals surface area contributed by atoms with E-state index in [2.05, 4.69) is 241 Å². The first kappa shape index (κ1) is 39.9. The van der Waals surface area contributed by atoms with Crippen molar-refractivity contribution >= 4 is 60.9 Å². The molecular weight excluding hydrogens is 851 g/mol. The molecular formula is C67H43NO2. The van der Waals surface area contributed by atoms with Gasteiger partial charge in [0.05, 0.1) is 5.41 Å². The van der Waals surface area contributed by atoms with Gasteiger partial charge in [-0.05, 0) is 140 Å². The maximum Gasteiger partial charge on any atom is 0.135 e. The van der Waals surface area contributed by atoms with Crippen LogP contribution in [0, 0.1) is 0 Å². The minimum absolute atomic E-state index is 0.474. The minimum atomic E-state index is -0.474. The molecule has 0 amide bonds. The van der Waals surface area contributed by atoms with Crippen molar-refractivity contribution in [2.24, 2.45) is 0 Å². The van der Waals surface area contributed by atoms with Crippen LogP contribution in [-0.2, 0) is 5.41 Å². The van der Waals surface area contributed by atoms with Crippen LogP contribution in [0.3, 0.4) is 0 Å². The molecule has 0 saturated carbocycles. The van der Waals surface area contributed by atoms with E-state index in [0.29, 0.717) is 0 Å².